The van der Waals surface area contributed by atoms with Gasteiger partial charge in [-0.2, -0.15) is 0 Å². The number of hydrogen-bond donors (Lipinski definition) is 2. The summed E-state index contributed by atoms with van der Waals surface area (Å²) in [5, 5.41) is 6.62. The van der Waals surface area contributed by atoms with Crippen LogP contribution in [-0.2, 0) is 11.3 Å². The van der Waals surface area contributed by atoms with Crippen LogP contribution < -0.4 is 15.5 Å². The van der Waals surface area contributed by atoms with Gasteiger partial charge in [0.15, 0.2) is 0 Å². The van der Waals surface area contributed by atoms with Gasteiger partial charge >= 0.3 is 0 Å². The molecule has 1 fully saturated rings. The molecule has 0 aliphatic carbocycles. The van der Waals surface area contributed by atoms with E-state index < -0.39 is 0 Å². The van der Waals surface area contributed by atoms with Crippen molar-refractivity contribution in [2.24, 2.45) is 0 Å². The van der Waals surface area contributed by atoms with Gasteiger partial charge in [-0.15, -0.1) is 0 Å². The Labute approximate surface area is 119 Å². The number of nitrogens with one attached hydrogen (secondary N) is 2. The average molecular weight is 282 g/mol. The van der Waals surface area contributed by atoms with E-state index >= 15 is 0 Å². The van der Waals surface area contributed by atoms with Gasteiger partial charge in [-0.3, -0.25) is 4.79 Å². The molecule has 1 unspecified atom stereocenters. The van der Waals surface area contributed by atoms with E-state index in [9.17, 15) is 4.79 Å². The van der Waals surface area contributed by atoms with Crippen molar-refractivity contribution in [2.45, 2.75) is 25.4 Å². The van der Waals surface area contributed by atoms with Gasteiger partial charge in [-0.25, -0.2) is 0 Å². The number of anilines is 1. The van der Waals surface area contributed by atoms with E-state index in [4.69, 9.17) is 11.6 Å². The Morgan fingerprint density at radius 3 is 2.95 bits per heavy atom. The quantitative estimate of drug-likeness (QED) is 0.884. The highest BCUT2D eigenvalue weighted by atomic mass is 35.5. The summed E-state index contributed by atoms with van der Waals surface area (Å²) in [6, 6.07) is 5.79. The molecule has 0 radical (unpaired) electrons. The zero-order valence-corrected chi connectivity index (χ0v) is 12.1. The van der Waals surface area contributed by atoms with Crippen LogP contribution in [0.5, 0.6) is 0 Å². The highest BCUT2D eigenvalue weighted by molar-refractivity contribution is 6.31. The number of nitrogens with zero attached hydrogens (tertiary/aromatic N) is 1. The van der Waals surface area contributed by atoms with Crippen molar-refractivity contribution < 1.29 is 4.79 Å². The van der Waals surface area contributed by atoms with Crippen LogP contribution in [0.3, 0.4) is 0 Å². The molecular formula is C14H20ClN3O. The molecule has 104 valence electrons. The van der Waals surface area contributed by atoms with E-state index in [1.807, 2.05) is 25.2 Å². The third-order valence-corrected chi connectivity index (χ3v) is 3.91. The minimum atomic E-state index is -0.0842. The van der Waals surface area contributed by atoms with Crippen LogP contribution in [0.1, 0.15) is 18.4 Å². The summed E-state index contributed by atoms with van der Waals surface area (Å²) < 4.78 is 0. The fraction of sp³-hybridized carbons (Fsp3) is 0.500. The monoisotopic (exact) mass is 281 g/mol. The first-order chi connectivity index (χ1) is 9.19. The third-order valence-electron chi connectivity index (χ3n) is 3.56. The molecule has 0 spiro atoms. The topological polar surface area (TPSA) is 44.4 Å². The minimum Gasteiger partial charge on any atom is -0.359 e. The molecule has 1 aromatic rings. The second-order valence-electron chi connectivity index (χ2n) is 4.73. The number of halogens is 1. The molecule has 1 atom stereocenters. The Morgan fingerprint density at radius 1 is 1.47 bits per heavy atom. The van der Waals surface area contributed by atoms with Crippen LogP contribution in [0, 0.1) is 0 Å². The van der Waals surface area contributed by atoms with Crippen molar-refractivity contribution in [3.8, 4) is 0 Å². The van der Waals surface area contributed by atoms with Gasteiger partial charge in [-0.1, -0.05) is 17.7 Å². The molecule has 5 heteroatoms. The Bertz CT molecular complexity index is 464. The van der Waals surface area contributed by atoms with Crippen molar-refractivity contribution in [3.63, 3.8) is 0 Å². The molecule has 1 saturated heterocycles. The van der Waals surface area contributed by atoms with Gasteiger partial charge in [-0.05, 0) is 32.0 Å². The second-order valence-corrected chi connectivity index (χ2v) is 5.14. The lowest BCUT2D eigenvalue weighted by Crippen LogP contribution is -2.42. The largest absolute Gasteiger partial charge is 0.359 e. The second kappa shape index (κ2) is 6.26. The maximum absolute atomic E-state index is 12.0. The normalized spacial score (nSPS) is 18.7. The van der Waals surface area contributed by atoms with Gasteiger partial charge in [0, 0.05) is 36.4 Å². The highest BCUT2D eigenvalue weighted by Crippen LogP contribution is 2.32. The van der Waals surface area contributed by atoms with Crippen molar-refractivity contribution in [1.29, 1.82) is 0 Å². The predicted molar refractivity (Wildman–Crippen MR) is 78.7 cm³/mol. The van der Waals surface area contributed by atoms with Crippen molar-refractivity contribution in [1.82, 2.24) is 10.6 Å². The summed E-state index contributed by atoms with van der Waals surface area (Å²) in [6.07, 6.45) is 1.93. The molecule has 1 amide bonds. The lowest BCUT2D eigenvalue weighted by atomic mass is 10.1. The maximum Gasteiger partial charge on any atom is 0.242 e. The van der Waals surface area contributed by atoms with Gasteiger partial charge in [0.2, 0.25) is 5.91 Å². The van der Waals surface area contributed by atoms with Crippen molar-refractivity contribution >= 4 is 23.2 Å². The molecule has 0 saturated carbocycles. The molecule has 19 heavy (non-hydrogen) atoms. The molecule has 1 aliphatic rings. The number of hydrogen-bond acceptors (Lipinski definition) is 3. The van der Waals surface area contributed by atoms with Crippen LogP contribution in [0.4, 0.5) is 5.69 Å². The molecule has 1 heterocycles. The predicted octanol–water partition coefficient (Wildman–Crippen LogP) is 1.77. The van der Waals surface area contributed by atoms with Gasteiger partial charge in [0.05, 0.1) is 0 Å². The molecule has 2 rings (SSSR count). The summed E-state index contributed by atoms with van der Waals surface area (Å²) in [6.45, 7) is 1.60. The fourth-order valence-corrected chi connectivity index (χ4v) is 2.90. The fourth-order valence-electron chi connectivity index (χ4n) is 2.66. The van der Waals surface area contributed by atoms with Gasteiger partial charge in [0.1, 0.15) is 6.04 Å². The number of carbonyl (C=O) groups excluding carboxylic acids is 1. The lowest BCUT2D eigenvalue weighted by molar-refractivity contribution is -0.121. The Hall–Kier alpha value is -1.26. The molecule has 4 nitrogen and oxygen atoms in total. The van der Waals surface area contributed by atoms with Crippen LogP contribution in [0.25, 0.3) is 0 Å². The summed E-state index contributed by atoms with van der Waals surface area (Å²) in [7, 11) is 3.58. The molecular weight excluding hydrogens is 262 g/mol. The molecule has 0 aromatic heterocycles. The van der Waals surface area contributed by atoms with E-state index in [-0.39, 0.29) is 11.9 Å². The number of benzene rings is 1. The van der Waals surface area contributed by atoms with Crippen LogP contribution >= 0.6 is 11.6 Å². The zero-order chi connectivity index (χ0) is 13.8. The number of likely N-dealkylation sites (N-methyl/N-ethyl adjacent to an activating group) is 1. The Kier molecular flexibility index (Phi) is 4.66. The number of amides is 1. The summed E-state index contributed by atoms with van der Waals surface area (Å²) >= 11 is 6.28. The highest BCUT2D eigenvalue weighted by Gasteiger charge is 2.31. The van der Waals surface area contributed by atoms with Crippen LogP contribution in [-0.4, -0.2) is 32.6 Å². The summed E-state index contributed by atoms with van der Waals surface area (Å²) in [4.78, 5) is 14.1. The van der Waals surface area contributed by atoms with Gasteiger partial charge < -0.3 is 15.5 Å². The summed E-state index contributed by atoms with van der Waals surface area (Å²) in [5.74, 6) is 0.0767. The first-order valence-electron chi connectivity index (χ1n) is 6.59. The Morgan fingerprint density at radius 2 is 2.26 bits per heavy atom. The SMILES string of the molecule is CNCc1c(Cl)cccc1N1CCCC1C(=O)NC. The van der Waals surface area contributed by atoms with Crippen LogP contribution in [0.15, 0.2) is 18.2 Å². The van der Waals surface area contributed by atoms with E-state index in [2.05, 4.69) is 15.5 Å². The standard InChI is InChI=1S/C14H20ClN3O/c1-16-9-10-11(15)5-3-6-12(10)18-8-4-7-13(18)14(19)17-2/h3,5-6,13,16H,4,7-9H2,1-2H3,(H,17,19). The van der Waals surface area contributed by atoms with E-state index in [1.165, 1.54) is 0 Å². The minimum absolute atomic E-state index is 0.0767. The number of carbonyl (C=O) groups is 1. The van der Waals surface area contributed by atoms with Crippen molar-refractivity contribution in [3.05, 3.63) is 28.8 Å². The molecule has 1 aliphatic heterocycles. The summed E-state index contributed by atoms with van der Waals surface area (Å²) in [5.41, 5.74) is 2.12. The average Bonchev–Trinajstić information content (AvgIpc) is 2.89. The van der Waals surface area contributed by atoms with E-state index in [1.54, 1.807) is 7.05 Å². The number of rotatable bonds is 4. The van der Waals surface area contributed by atoms with E-state index in [0.717, 1.165) is 35.7 Å². The third kappa shape index (κ3) is 2.85. The lowest BCUT2D eigenvalue weighted by Gasteiger charge is -2.28. The molecule has 0 bridgehead atoms. The maximum atomic E-state index is 12.0. The molecule has 2 N–H and O–H groups in total. The van der Waals surface area contributed by atoms with Crippen LogP contribution in [0.2, 0.25) is 5.02 Å². The first-order valence-corrected chi connectivity index (χ1v) is 6.97. The van der Waals surface area contributed by atoms with E-state index in [0.29, 0.717) is 6.54 Å². The van der Waals surface area contributed by atoms with Crippen molar-refractivity contribution in [2.75, 3.05) is 25.5 Å². The molecule has 1 aromatic carbocycles. The smallest absolute Gasteiger partial charge is 0.242 e. The first kappa shape index (κ1) is 14.2. The zero-order valence-electron chi connectivity index (χ0n) is 11.4. The van der Waals surface area contributed by atoms with Gasteiger partial charge in [0.25, 0.3) is 0 Å². The Balaban J connectivity index is 2.35.